The Hall–Kier alpha value is -1.44. The average molecular weight is 364 g/mol. The van der Waals surface area contributed by atoms with Gasteiger partial charge in [0.15, 0.2) is 0 Å². The number of carbonyl (C=O) groups excluding carboxylic acids is 1. The lowest BCUT2D eigenvalue weighted by Crippen LogP contribution is -2.59. The van der Waals surface area contributed by atoms with Crippen molar-refractivity contribution in [3.63, 3.8) is 0 Å². The van der Waals surface area contributed by atoms with E-state index >= 15 is 0 Å². The predicted octanol–water partition coefficient (Wildman–Crippen LogP) is 0.222. The smallest absolute Gasteiger partial charge is 0.315 e. The van der Waals surface area contributed by atoms with E-state index in [1.807, 2.05) is 0 Å². The van der Waals surface area contributed by atoms with Gasteiger partial charge in [0.25, 0.3) is 0 Å². The third kappa shape index (κ3) is 1.43. The second-order valence-corrected chi connectivity index (χ2v) is 9.45. The maximum Gasteiger partial charge on any atom is 0.315 e. The van der Waals surface area contributed by atoms with E-state index in [1.165, 1.54) is 6.92 Å². The SMILES string of the molecule is C=C1CC23CC1(O)CCC2C12CC(O)C(O)C(C)(C(=O)O1)C2C3C(=O)O. The summed E-state index contributed by atoms with van der Waals surface area (Å²) in [6, 6.07) is 0. The second kappa shape index (κ2) is 4.34. The number of aliphatic carboxylic acids is 1. The van der Waals surface area contributed by atoms with E-state index in [2.05, 4.69) is 6.58 Å². The molecule has 4 saturated carbocycles. The summed E-state index contributed by atoms with van der Waals surface area (Å²) in [5.74, 6) is -3.58. The topological polar surface area (TPSA) is 124 Å². The second-order valence-electron chi connectivity index (χ2n) is 9.45. The van der Waals surface area contributed by atoms with Gasteiger partial charge >= 0.3 is 11.9 Å². The lowest BCUT2D eigenvalue weighted by Gasteiger charge is -2.47. The first-order chi connectivity index (χ1) is 12.0. The molecule has 4 aliphatic carbocycles. The molecule has 4 bridgehead atoms. The minimum atomic E-state index is -1.46. The summed E-state index contributed by atoms with van der Waals surface area (Å²) in [5, 5.41) is 42.2. The molecule has 9 unspecified atom stereocenters. The summed E-state index contributed by atoms with van der Waals surface area (Å²) in [4.78, 5) is 25.2. The maximum atomic E-state index is 12.8. The zero-order chi connectivity index (χ0) is 18.9. The van der Waals surface area contributed by atoms with Crippen molar-refractivity contribution in [1.82, 2.24) is 0 Å². The van der Waals surface area contributed by atoms with Crippen LogP contribution in [0.3, 0.4) is 0 Å². The van der Waals surface area contributed by atoms with Gasteiger partial charge in [0, 0.05) is 18.3 Å². The summed E-state index contributed by atoms with van der Waals surface area (Å²) < 4.78 is 5.87. The van der Waals surface area contributed by atoms with Gasteiger partial charge in [0.05, 0.1) is 23.7 Å². The van der Waals surface area contributed by atoms with Crippen LogP contribution in [0.5, 0.6) is 0 Å². The number of hydrogen-bond acceptors (Lipinski definition) is 6. The Labute approximate surface area is 150 Å². The summed E-state index contributed by atoms with van der Waals surface area (Å²) in [5.41, 5.74) is -3.74. The summed E-state index contributed by atoms with van der Waals surface area (Å²) in [6.45, 7) is 5.53. The van der Waals surface area contributed by atoms with Gasteiger partial charge < -0.3 is 25.2 Å². The van der Waals surface area contributed by atoms with Gasteiger partial charge in [-0.3, -0.25) is 9.59 Å². The highest BCUT2D eigenvalue weighted by atomic mass is 16.6. The molecular weight excluding hydrogens is 340 g/mol. The van der Waals surface area contributed by atoms with E-state index in [9.17, 15) is 30.0 Å². The summed E-state index contributed by atoms with van der Waals surface area (Å²) >= 11 is 0. The fourth-order valence-electron chi connectivity index (χ4n) is 7.71. The van der Waals surface area contributed by atoms with Crippen LogP contribution in [0.4, 0.5) is 0 Å². The first-order valence-electron chi connectivity index (χ1n) is 9.26. The standard InChI is InChI=1S/C19H24O7/c1-8-5-17-7-18(8,25)4-3-10(17)19-6-9(20)13(21)16(2,15(24)26-19)12(19)11(17)14(22)23/h9-13,20-21,25H,1,3-7H2,2H3,(H,22,23). The van der Waals surface area contributed by atoms with Crippen molar-refractivity contribution in [2.75, 3.05) is 0 Å². The highest BCUT2D eigenvalue weighted by Gasteiger charge is 2.85. The van der Waals surface area contributed by atoms with Crippen LogP contribution in [0.1, 0.15) is 39.0 Å². The third-order valence-corrected chi connectivity index (χ3v) is 8.57. The number of hydrogen-bond donors (Lipinski definition) is 4. The quantitative estimate of drug-likeness (QED) is 0.388. The van der Waals surface area contributed by atoms with Crippen LogP contribution in [0, 0.1) is 28.6 Å². The Morgan fingerprint density at radius 1 is 1.35 bits per heavy atom. The first kappa shape index (κ1) is 16.7. The minimum Gasteiger partial charge on any atom is -0.481 e. The molecule has 26 heavy (non-hydrogen) atoms. The maximum absolute atomic E-state index is 12.8. The molecule has 1 spiro atoms. The number of rotatable bonds is 1. The normalized spacial score (nSPS) is 59.8. The Balaban J connectivity index is 1.77. The average Bonchev–Trinajstić information content (AvgIpc) is 2.96. The molecule has 1 heterocycles. The highest BCUT2D eigenvalue weighted by Crippen LogP contribution is 2.78. The van der Waals surface area contributed by atoms with Gasteiger partial charge in [-0.15, -0.1) is 0 Å². The highest BCUT2D eigenvalue weighted by molar-refractivity contribution is 5.85. The van der Waals surface area contributed by atoms with Gasteiger partial charge in [-0.05, 0) is 43.6 Å². The third-order valence-electron chi connectivity index (χ3n) is 8.57. The Kier molecular flexibility index (Phi) is 2.79. The molecular formula is C19H24O7. The van der Waals surface area contributed by atoms with E-state index in [0.717, 1.165) is 0 Å². The van der Waals surface area contributed by atoms with Crippen molar-refractivity contribution < 1.29 is 34.8 Å². The van der Waals surface area contributed by atoms with E-state index in [0.29, 0.717) is 31.3 Å². The Morgan fingerprint density at radius 2 is 2.04 bits per heavy atom. The molecule has 5 fully saturated rings. The zero-order valence-corrected chi connectivity index (χ0v) is 14.6. The molecule has 0 aromatic rings. The molecule has 5 rings (SSSR count). The number of ether oxygens (including phenoxy) is 1. The van der Waals surface area contributed by atoms with Gasteiger partial charge in [-0.25, -0.2) is 0 Å². The molecule has 9 atom stereocenters. The van der Waals surface area contributed by atoms with Crippen molar-refractivity contribution in [3.05, 3.63) is 12.2 Å². The molecule has 4 N–H and O–H groups in total. The van der Waals surface area contributed by atoms with Crippen LogP contribution >= 0.6 is 0 Å². The van der Waals surface area contributed by atoms with Crippen LogP contribution < -0.4 is 0 Å². The summed E-state index contributed by atoms with van der Waals surface area (Å²) in [6.07, 6.45) is -0.827. The number of fused-ring (bicyclic) bond motifs is 1. The molecule has 1 saturated heterocycles. The summed E-state index contributed by atoms with van der Waals surface area (Å²) in [7, 11) is 0. The van der Waals surface area contributed by atoms with Crippen molar-refractivity contribution in [1.29, 1.82) is 0 Å². The minimum absolute atomic E-state index is 0.0429. The number of carboxylic acids is 1. The molecule has 0 aromatic heterocycles. The predicted molar refractivity (Wildman–Crippen MR) is 86.7 cm³/mol. The largest absolute Gasteiger partial charge is 0.481 e. The number of aliphatic hydroxyl groups is 3. The Bertz CT molecular complexity index is 763. The molecule has 0 amide bonds. The van der Waals surface area contributed by atoms with Crippen LogP contribution in [0.15, 0.2) is 12.2 Å². The number of aliphatic hydroxyl groups excluding tert-OH is 2. The van der Waals surface area contributed by atoms with Crippen LogP contribution in [-0.4, -0.2) is 55.8 Å². The molecule has 5 aliphatic rings. The molecule has 1 aliphatic heterocycles. The van der Waals surface area contributed by atoms with Crippen molar-refractivity contribution in [3.8, 4) is 0 Å². The lowest BCUT2D eigenvalue weighted by molar-refractivity contribution is -0.165. The van der Waals surface area contributed by atoms with E-state index in [1.54, 1.807) is 0 Å². The number of carboxylic acid groups (broad SMARTS) is 1. The van der Waals surface area contributed by atoms with E-state index in [4.69, 9.17) is 4.74 Å². The van der Waals surface area contributed by atoms with E-state index < -0.39 is 58.0 Å². The van der Waals surface area contributed by atoms with Crippen LogP contribution in [0.2, 0.25) is 0 Å². The van der Waals surface area contributed by atoms with Crippen molar-refractivity contribution in [2.45, 2.75) is 62.4 Å². The van der Waals surface area contributed by atoms with Gasteiger partial charge in [0.2, 0.25) is 0 Å². The monoisotopic (exact) mass is 364 g/mol. The number of carbonyl (C=O) groups is 2. The molecule has 7 heteroatoms. The first-order valence-corrected chi connectivity index (χ1v) is 9.26. The van der Waals surface area contributed by atoms with Crippen molar-refractivity contribution in [2.24, 2.45) is 28.6 Å². The van der Waals surface area contributed by atoms with Gasteiger partial charge in [-0.2, -0.15) is 0 Å². The Morgan fingerprint density at radius 3 is 2.69 bits per heavy atom. The van der Waals surface area contributed by atoms with Crippen LogP contribution in [-0.2, 0) is 14.3 Å². The number of esters is 1. The zero-order valence-electron chi connectivity index (χ0n) is 14.6. The lowest BCUT2D eigenvalue weighted by atomic mass is 9.58. The van der Waals surface area contributed by atoms with Crippen LogP contribution in [0.25, 0.3) is 0 Å². The van der Waals surface area contributed by atoms with Gasteiger partial charge in [0.1, 0.15) is 11.0 Å². The molecule has 0 radical (unpaired) electrons. The fourth-order valence-corrected chi connectivity index (χ4v) is 7.71. The van der Waals surface area contributed by atoms with E-state index in [-0.39, 0.29) is 12.3 Å². The molecule has 142 valence electrons. The fraction of sp³-hybridized carbons (Fsp3) is 0.789. The van der Waals surface area contributed by atoms with Gasteiger partial charge in [-0.1, -0.05) is 6.58 Å². The van der Waals surface area contributed by atoms with Crippen molar-refractivity contribution >= 4 is 11.9 Å². The molecule has 7 nitrogen and oxygen atoms in total. The molecule has 0 aromatic carbocycles.